The number of unbranched alkanes of at least 4 members (excludes halogenated alkanes) is 19. The van der Waals surface area contributed by atoms with E-state index in [4.69, 9.17) is 24.3 Å². The quantitative estimate of drug-likeness (QED) is 0.0270. The van der Waals surface area contributed by atoms with Crippen LogP contribution in [0.1, 0.15) is 194 Å². The van der Waals surface area contributed by atoms with Crippen LogP contribution in [0.4, 0.5) is 0 Å². The lowest BCUT2D eigenvalue weighted by Gasteiger charge is -2.20. The smallest absolute Gasteiger partial charge is 0.457 e. The summed E-state index contributed by atoms with van der Waals surface area (Å²) in [6.07, 6.45) is 57.8. The molecule has 0 aromatic heterocycles. The molecule has 0 radical (unpaired) electrons. The highest BCUT2D eigenvalue weighted by molar-refractivity contribution is 7.47. The number of nitrogens with two attached hydrogens (primary N) is 1. The Bertz CT molecular complexity index is 1120. The van der Waals surface area contributed by atoms with Gasteiger partial charge in [-0.3, -0.25) is 13.8 Å². The van der Waals surface area contributed by atoms with Crippen LogP contribution in [0, 0.1) is 0 Å². The molecule has 0 aliphatic rings. The van der Waals surface area contributed by atoms with E-state index in [-0.39, 0.29) is 32.3 Å². The molecule has 2 unspecified atom stereocenters. The summed E-state index contributed by atoms with van der Waals surface area (Å²) < 4.78 is 33.5. The number of hydrogen-bond acceptors (Lipinski definition) is 7. The molecule has 9 heteroatoms. The number of carbonyl (C=O) groups excluding carboxylic acids is 1. The fourth-order valence-electron chi connectivity index (χ4n) is 6.19. The topological polar surface area (TPSA) is 117 Å². The van der Waals surface area contributed by atoms with Crippen LogP contribution in [0.25, 0.3) is 0 Å². The average molecular weight is 834 g/mol. The minimum Gasteiger partial charge on any atom is -0.457 e. The van der Waals surface area contributed by atoms with Gasteiger partial charge in [0.2, 0.25) is 0 Å². The highest BCUT2D eigenvalue weighted by atomic mass is 31.2. The predicted molar refractivity (Wildman–Crippen MR) is 247 cm³/mol. The summed E-state index contributed by atoms with van der Waals surface area (Å²) in [5.74, 6) is -0.341. The zero-order chi connectivity index (χ0) is 42.3. The first-order chi connectivity index (χ1) is 28.4. The number of allylic oxidation sites excluding steroid dienone is 12. The molecule has 0 saturated heterocycles. The molecule has 0 fully saturated rings. The molecular weight excluding hydrogens is 746 g/mol. The Morgan fingerprint density at radius 2 is 0.966 bits per heavy atom. The number of ether oxygens (including phenoxy) is 2. The summed E-state index contributed by atoms with van der Waals surface area (Å²) in [6.45, 7) is 4.75. The molecule has 0 saturated carbocycles. The molecule has 336 valence electrons. The number of rotatable bonds is 44. The molecule has 0 aliphatic carbocycles. The van der Waals surface area contributed by atoms with Crippen molar-refractivity contribution in [2.24, 2.45) is 5.73 Å². The lowest BCUT2D eigenvalue weighted by molar-refractivity contribution is -0.154. The monoisotopic (exact) mass is 834 g/mol. The Kier molecular flexibility index (Phi) is 44.4. The van der Waals surface area contributed by atoms with Crippen LogP contribution >= 0.6 is 7.82 Å². The molecule has 0 spiro atoms. The van der Waals surface area contributed by atoms with Gasteiger partial charge in [-0.1, -0.05) is 177 Å². The van der Waals surface area contributed by atoms with Crippen LogP contribution in [0.5, 0.6) is 0 Å². The summed E-state index contributed by atoms with van der Waals surface area (Å²) in [6, 6.07) is 0. The largest absolute Gasteiger partial charge is 0.472 e. The maximum atomic E-state index is 12.6. The van der Waals surface area contributed by atoms with Crippen molar-refractivity contribution in [3.63, 3.8) is 0 Å². The summed E-state index contributed by atoms with van der Waals surface area (Å²) >= 11 is 0. The number of carbonyl (C=O) groups is 1. The first-order valence-corrected chi connectivity index (χ1v) is 24.9. The second kappa shape index (κ2) is 46.0. The molecule has 0 rings (SSSR count). The van der Waals surface area contributed by atoms with E-state index in [0.717, 1.165) is 77.0 Å². The average Bonchev–Trinajstić information content (AvgIpc) is 3.21. The molecule has 0 amide bonds. The Labute approximate surface area is 356 Å². The Morgan fingerprint density at radius 1 is 0.534 bits per heavy atom. The van der Waals surface area contributed by atoms with Gasteiger partial charge in [0.05, 0.1) is 19.8 Å². The van der Waals surface area contributed by atoms with E-state index in [2.05, 4.69) is 86.8 Å². The SMILES string of the molecule is CC/C=C\C/C=C\C/C=C\C/C=C\CCCCCCCCCOCC(COP(=O)(O)OCCN)OC(=O)CCCCCCCCCCC/C=C\C/C=C\CCCCC. The van der Waals surface area contributed by atoms with Gasteiger partial charge in [0.15, 0.2) is 0 Å². The van der Waals surface area contributed by atoms with Crippen LogP contribution in [-0.4, -0.2) is 49.9 Å². The molecule has 0 heterocycles. The fourth-order valence-corrected chi connectivity index (χ4v) is 6.96. The van der Waals surface area contributed by atoms with Crippen molar-refractivity contribution in [1.29, 1.82) is 0 Å². The van der Waals surface area contributed by atoms with Crippen LogP contribution in [0.2, 0.25) is 0 Å². The van der Waals surface area contributed by atoms with Crippen molar-refractivity contribution in [2.75, 3.05) is 33.0 Å². The molecule has 8 nitrogen and oxygen atoms in total. The van der Waals surface area contributed by atoms with Crippen molar-refractivity contribution >= 4 is 13.8 Å². The Balaban J connectivity index is 4.03. The van der Waals surface area contributed by atoms with Crippen molar-refractivity contribution in [3.05, 3.63) is 72.9 Å². The number of phosphoric ester groups is 1. The van der Waals surface area contributed by atoms with Gasteiger partial charge >= 0.3 is 13.8 Å². The normalized spacial score (nSPS) is 14.1. The van der Waals surface area contributed by atoms with Crippen molar-refractivity contribution in [3.8, 4) is 0 Å². The number of esters is 1. The zero-order valence-corrected chi connectivity index (χ0v) is 38.2. The fraction of sp³-hybridized carbons (Fsp3) is 0.735. The molecule has 3 N–H and O–H groups in total. The van der Waals surface area contributed by atoms with Crippen LogP contribution in [-0.2, 0) is 27.9 Å². The van der Waals surface area contributed by atoms with E-state index in [9.17, 15) is 14.3 Å². The van der Waals surface area contributed by atoms with E-state index in [1.807, 2.05) is 0 Å². The second-order valence-electron chi connectivity index (χ2n) is 15.2. The van der Waals surface area contributed by atoms with Gasteiger partial charge in [0, 0.05) is 19.6 Å². The van der Waals surface area contributed by atoms with Gasteiger partial charge < -0.3 is 20.1 Å². The molecule has 0 aliphatic heterocycles. The van der Waals surface area contributed by atoms with Gasteiger partial charge in [-0.15, -0.1) is 0 Å². The van der Waals surface area contributed by atoms with Gasteiger partial charge in [0.25, 0.3) is 0 Å². The number of phosphoric acid groups is 1. The third-order valence-corrected chi connectivity index (χ3v) is 10.6. The third-order valence-electron chi connectivity index (χ3n) is 9.61. The van der Waals surface area contributed by atoms with Crippen LogP contribution in [0.15, 0.2) is 72.9 Å². The standard InChI is InChI=1S/C49H88NO7P/c1-3-5-7-9-11-13-15-17-19-21-23-25-27-29-31-33-35-37-39-41-44-54-46-48(47-56-58(52,53)55-45-43-50)57-49(51)42-40-38-36-34-32-30-28-26-24-22-20-18-16-14-12-10-8-6-4-2/h5,7,11-14,17-20,23,25,48H,3-4,6,8-10,15-16,21-22,24,26-47,50H2,1-2H3,(H,52,53)/b7-5-,13-11-,14-12-,19-17-,20-18-,25-23-. The molecule has 0 aromatic carbocycles. The summed E-state index contributed by atoms with van der Waals surface area (Å²) in [5.41, 5.74) is 5.38. The van der Waals surface area contributed by atoms with E-state index < -0.39 is 13.9 Å². The van der Waals surface area contributed by atoms with Gasteiger partial charge in [0.1, 0.15) is 6.10 Å². The van der Waals surface area contributed by atoms with Crippen molar-refractivity contribution in [1.82, 2.24) is 0 Å². The summed E-state index contributed by atoms with van der Waals surface area (Å²) in [5, 5.41) is 0. The third kappa shape index (κ3) is 45.0. The van der Waals surface area contributed by atoms with Crippen molar-refractivity contribution < 1.29 is 32.8 Å². The Hall–Kier alpha value is -2.06. The zero-order valence-electron chi connectivity index (χ0n) is 37.3. The predicted octanol–water partition coefficient (Wildman–Crippen LogP) is 14.3. The molecule has 58 heavy (non-hydrogen) atoms. The summed E-state index contributed by atoms with van der Waals surface area (Å²) in [4.78, 5) is 22.5. The Morgan fingerprint density at radius 3 is 1.45 bits per heavy atom. The van der Waals surface area contributed by atoms with E-state index in [0.29, 0.717) is 13.0 Å². The first-order valence-electron chi connectivity index (χ1n) is 23.4. The minimum absolute atomic E-state index is 0.0943. The van der Waals surface area contributed by atoms with Gasteiger partial charge in [-0.2, -0.15) is 0 Å². The lowest BCUT2D eigenvalue weighted by Crippen LogP contribution is -2.28. The molecular formula is C49H88NO7P. The molecule has 0 aromatic rings. The van der Waals surface area contributed by atoms with Crippen molar-refractivity contribution in [2.45, 2.75) is 200 Å². The highest BCUT2D eigenvalue weighted by Crippen LogP contribution is 2.43. The molecule has 2 atom stereocenters. The van der Waals surface area contributed by atoms with Crippen LogP contribution < -0.4 is 5.73 Å². The lowest BCUT2D eigenvalue weighted by atomic mass is 10.1. The summed E-state index contributed by atoms with van der Waals surface area (Å²) in [7, 11) is -4.29. The first kappa shape index (κ1) is 55.9. The van der Waals surface area contributed by atoms with E-state index in [1.54, 1.807) is 0 Å². The molecule has 0 bridgehead atoms. The minimum atomic E-state index is -4.29. The maximum Gasteiger partial charge on any atom is 0.472 e. The van der Waals surface area contributed by atoms with Crippen LogP contribution in [0.3, 0.4) is 0 Å². The van der Waals surface area contributed by atoms with Gasteiger partial charge in [-0.05, 0) is 83.5 Å². The maximum absolute atomic E-state index is 12.6. The van der Waals surface area contributed by atoms with E-state index >= 15 is 0 Å². The van der Waals surface area contributed by atoms with Gasteiger partial charge in [-0.25, -0.2) is 4.57 Å². The second-order valence-corrected chi connectivity index (χ2v) is 16.7. The number of hydrogen-bond donors (Lipinski definition) is 2. The highest BCUT2D eigenvalue weighted by Gasteiger charge is 2.25. The van der Waals surface area contributed by atoms with E-state index in [1.165, 1.54) is 96.3 Å².